The zero-order valence-electron chi connectivity index (χ0n) is 14.5. The summed E-state index contributed by atoms with van der Waals surface area (Å²) in [6.07, 6.45) is 0. The minimum Gasteiger partial charge on any atom is -0.324 e. The van der Waals surface area contributed by atoms with Crippen LogP contribution in [-0.2, 0) is 20.6 Å². The molecule has 0 unspecified atom stereocenters. The Bertz CT molecular complexity index is 832. The van der Waals surface area contributed by atoms with E-state index in [2.05, 4.69) is 5.32 Å². The van der Waals surface area contributed by atoms with Crippen LogP contribution >= 0.6 is 11.8 Å². The van der Waals surface area contributed by atoms with E-state index >= 15 is 0 Å². The Balaban J connectivity index is 1.98. The molecule has 134 valence electrons. The largest absolute Gasteiger partial charge is 0.324 e. The van der Waals surface area contributed by atoms with Crippen LogP contribution in [0.3, 0.4) is 0 Å². The van der Waals surface area contributed by atoms with Crippen LogP contribution in [0.5, 0.6) is 0 Å². The number of rotatable bonds is 7. The van der Waals surface area contributed by atoms with Crippen molar-refractivity contribution in [3.05, 3.63) is 59.7 Å². The number of carbonyl (C=O) groups excluding carboxylic acids is 1. The van der Waals surface area contributed by atoms with Gasteiger partial charge in [-0.05, 0) is 24.6 Å². The van der Waals surface area contributed by atoms with Crippen LogP contribution in [0.1, 0.15) is 11.1 Å². The predicted molar refractivity (Wildman–Crippen MR) is 103 cm³/mol. The second-order valence-corrected chi connectivity index (χ2v) is 8.92. The highest BCUT2D eigenvalue weighted by molar-refractivity contribution is 7.99. The van der Waals surface area contributed by atoms with Crippen molar-refractivity contribution in [3.63, 3.8) is 0 Å². The third-order valence-electron chi connectivity index (χ3n) is 3.54. The smallest absolute Gasteiger partial charge is 0.244 e. The van der Waals surface area contributed by atoms with Gasteiger partial charge >= 0.3 is 0 Å². The minimum absolute atomic E-state index is 0.0943. The fourth-order valence-corrected chi connectivity index (χ4v) is 3.95. The van der Waals surface area contributed by atoms with Crippen molar-refractivity contribution in [1.29, 1.82) is 0 Å². The summed E-state index contributed by atoms with van der Waals surface area (Å²) in [6.45, 7) is 2.03. The number of thioether (sulfide) groups is 1. The van der Waals surface area contributed by atoms with E-state index in [1.54, 1.807) is 18.2 Å². The Morgan fingerprint density at radius 3 is 2.36 bits per heavy atom. The van der Waals surface area contributed by atoms with Crippen molar-refractivity contribution in [2.45, 2.75) is 17.6 Å². The Labute approximate surface area is 153 Å². The fourth-order valence-electron chi connectivity index (χ4n) is 2.12. The molecule has 2 rings (SSSR count). The molecule has 0 bridgehead atoms. The third-order valence-corrected chi connectivity index (χ3v) is 6.42. The molecule has 25 heavy (non-hydrogen) atoms. The van der Waals surface area contributed by atoms with Gasteiger partial charge in [-0.2, -0.15) is 0 Å². The van der Waals surface area contributed by atoms with Crippen molar-refractivity contribution in [2.75, 3.05) is 25.2 Å². The number of amides is 1. The molecule has 5 nitrogen and oxygen atoms in total. The minimum atomic E-state index is -3.61. The SMILES string of the molecule is Cc1ccc(CSCC(=O)Nc2ccccc2S(=O)(=O)N(C)C)cc1. The molecule has 2 aromatic carbocycles. The lowest BCUT2D eigenvalue weighted by Crippen LogP contribution is -2.24. The molecule has 0 heterocycles. The summed E-state index contributed by atoms with van der Waals surface area (Å²) in [5.74, 6) is 0.758. The first-order valence-electron chi connectivity index (χ1n) is 7.75. The van der Waals surface area contributed by atoms with Gasteiger partial charge < -0.3 is 5.32 Å². The second kappa shape index (κ2) is 8.51. The van der Waals surface area contributed by atoms with Crippen molar-refractivity contribution in [3.8, 4) is 0 Å². The molecule has 0 saturated heterocycles. The molecule has 1 N–H and O–H groups in total. The lowest BCUT2D eigenvalue weighted by Gasteiger charge is -2.15. The van der Waals surface area contributed by atoms with Crippen LogP contribution in [0.4, 0.5) is 5.69 Å². The Hall–Kier alpha value is -1.83. The Kier molecular flexibility index (Phi) is 6.64. The number of aryl methyl sites for hydroxylation is 1. The van der Waals surface area contributed by atoms with Gasteiger partial charge in [-0.15, -0.1) is 11.8 Å². The highest BCUT2D eigenvalue weighted by Gasteiger charge is 2.21. The molecule has 0 aliphatic carbocycles. The number of para-hydroxylation sites is 1. The topological polar surface area (TPSA) is 66.5 Å². The summed E-state index contributed by atoms with van der Waals surface area (Å²) >= 11 is 1.49. The maximum atomic E-state index is 12.3. The molecule has 0 aromatic heterocycles. The quantitative estimate of drug-likeness (QED) is 0.804. The van der Waals surface area contributed by atoms with Crippen molar-refractivity contribution in [2.24, 2.45) is 0 Å². The molecule has 0 radical (unpaired) electrons. The molecule has 0 aliphatic heterocycles. The van der Waals surface area contributed by atoms with Gasteiger partial charge in [0.25, 0.3) is 0 Å². The molecule has 0 saturated carbocycles. The van der Waals surface area contributed by atoms with E-state index in [9.17, 15) is 13.2 Å². The first-order chi connectivity index (χ1) is 11.8. The second-order valence-electron chi connectivity index (χ2n) is 5.81. The lowest BCUT2D eigenvalue weighted by molar-refractivity contribution is -0.113. The summed E-state index contributed by atoms with van der Waals surface area (Å²) in [6, 6.07) is 14.6. The first kappa shape index (κ1) is 19.5. The van der Waals surface area contributed by atoms with E-state index in [1.165, 1.54) is 37.5 Å². The number of nitrogens with zero attached hydrogens (tertiary/aromatic N) is 1. The van der Waals surface area contributed by atoms with Gasteiger partial charge in [0.1, 0.15) is 4.90 Å². The number of benzene rings is 2. The van der Waals surface area contributed by atoms with Crippen LogP contribution in [0.25, 0.3) is 0 Å². The van der Waals surface area contributed by atoms with E-state index in [-0.39, 0.29) is 16.6 Å². The van der Waals surface area contributed by atoms with E-state index in [4.69, 9.17) is 0 Å². The van der Waals surface area contributed by atoms with Crippen LogP contribution in [0.2, 0.25) is 0 Å². The maximum absolute atomic E-state index is 12.3. The number of anilines is 1. The van der Waals surface area contributed by atoms with Crippen LogP contribution in [0.15, 0.2) is 53.4 Å². The van der Waals surface area contributed by atoms with E-state index < -0.39 is 10.0 Å². The highest BCUT2D eigenvalue weighted by Crippen LogP contribution is 2.23. The first-order valence-corrected chi connectivity index (χ1v) is 10.3. The van der Waals surface area contributed by atoms with Gasteiger partial charge in [-0.1, -0.05) is 42.0 Å². The number of hydrogen-bond acceptors (Lipinski definition) is 4. The molecular weight excluding hydrogens is 356 g/mol. The number of nitrogens with one attached hydrogen (secondary N) is 1. The van der Waals surface area contributed by atoms with Crippen LogP contribution < -0.4 is 5.32 Å². The molecule has 0 aliphatic rings. The summed E-state index contributed by atoms with van der Waals surface area (Å²) in [7, 11) is -0.682. The third kappa shape index (κ3) is 5.32. The summed E-state index contributed by atoms with van der Waals surface area (Å²) in [5, 5.41) is 2.70. The molecule has 0 fully saturated rings. The van der Waals surface area contributed by atoms with Crippen molar-refractivity contribution < 1.29 is 13.2 Å². The van der Waals surface area contributed by atoms with E-state index in [0.717, 1.165) is 15.6 Å². The average molecular weight is 379 g/mol. The monoisotopic (exact) mass is 378 g/mol. The normalized spacial score (nSPS) is 11.5. The zero-order chi connectivity index (χ0) is 18.4. The van der Waals surface area contributed by atoms with Crippen molar-refractivity contribution in [1.82, 2.24) is 4.31 Å². The molecule has 7 heteroatoms. The molecule has 0 atom stereocenters. The van der Waals surface area contributed by atoms with E-state index in [0.29, 0.717) is 5.69 Å². The lowest BCUT2D eigenvalue weighted by atomic mass is 10.2. The Morgan fingerprint density at radius 2 is 1.72 bits per heavy atom. The van der Waals surface area contributed by atoms with Crippen LogP contribution in [-0.4, -0.2) is 38.5 Å². The molecule has 2 aromatic rings. The predicted octanol–water partition coefficient (Wildman–Crippen LogP) is 3.12. The van der Waals surface area contributed by atoms with Gasteiger partial charge in [0.15, 0.2) is 0 Å². The average Bonchev–Trinajstić information content (AvgIpc) is 2.57. The van der Waals surface area contributed by atoms with Gasteiger partial charge in [0, 0.05) is 19.8 Å². The molecule has 0 spiro atoms. The van der Waals surface area contributed by atoms with Crippen LogP contribution in [0, 0.1) is 6.92 Å². The van der Waals surface area contributed by atoms with Gasteiger partial charge in [0.05, 0.1) is 11.4 Å². The maximum Gasteiger partial charge on any atom is 0.244 e. The number of carbonyl (C=O) groups is 1. The molecular formula is C18H22N2O3S2. The van der Waals surface area contributed by atoms with Gasteiger partial charge in [-0.3, -0.25) is 4.79 Å². The summed E-state index contributed by atoms with van der Waals surface area (Å²) in [5.41, 5.74) is 2.65. The van der Waals surface area contributed by atoms with Gasteiger partial charge in [-0.25, -0.2) is 12.7 Å². The Morgan fingerprint density at radius 1 is 1.08 bits per heavy atom. The number of hydrogen-bond donors (Lipinski definition) is 1. The highest BCUT2D eigenvalue weighted by atomic mass is 32.2. The van der Waals surface area contributed by atoms with Gasteiger partial charge in [0.2, 0.25) is 15.9 Å². The summed E-state index contributed by atoms with van der Waals surface area (Å²) in [4.78, 5) is 12.3. The molecule has 1 amide bonds. The van der Waals surface area contributed by atoms with Crippen molar-refractivity contribution >= 4 is 33.4 Å². The number of sulfonamides is 1. The van der Waals surface area contributed by atoms with E-state index in [1.807, 2.05) is 31.2 Å². The fraction of sp³-hybridized carbons (Fsp3) is 0.278. The summed E-state index contributed by atoms with van der Waals surface area (Å²) < 4.78 is 25.8. The zero-order valence-corrected chi connectivity index (χ0v) is 16.2. The standard InChI is InChI=1S/C18H22N2O3S2/c1-14-8-10-15(11-9-14)12-24-13-18(21)19-16-6-4-5-7-17(16)25(22,23)20(2)3/h4-11H,12-13H2,1-3H3,(H,19,21).